The quantitative estimate of drug-likeness (QED) is 0.576. The van der Waals surface area contributed by atoms with E-state index in [0.29, 0.717) is 6.23 Å². The summed E-state index contributed by atoms with van der Waals surface area (Å²) in [5.74, 6) is 0. The van der Waals surface area contributed by atoms with Crippen molar-refractivity contribution in [3.8, 4) is 0 Å². The minimum Gasteiger partial charge on any atom is -0.450 e. The maximum absolute atomic E-state index is 10.3. The fourth-order valence-corrected chi connectivity index (χ4v) is 4.81. The standard InChI is InChI=1S/C10H24O3Si2/c1-14(2,3)7-6-8-15(4,5)9-13-10(11)12/h6-9H2,1-5H3,(H,11,12). The van der Waals surface area contributed by atoms with E-state index in [0.717, 1.165) is 0 Å². The van der Waals surface area contributed by atoms with Crippen LogP contribution in [-0.4, -0.2) is 33.6 Å². The number of carboxylic acid groups (broad SMARTS) is 1. The molecule has 0 aliphatic rings. The highest BCUT2D eigenvalue weighted by molar-refractivity contribution is 6.78. The lowest BCUT2D eigenvalue weighted by molar-refractivity contribution is 0.105. The zero-order chi connectivity index (χ0) is 12.1. The molecule has 90 valence electrons. The molecule has 0 fully saturated rings. The van der Waals surface area contributed by atoms with Gasteiger partial charge in [-0.2, -0.15) is 0 Å². The summed E-state index contributed by atoms with van der Waals surface area (Å²) >= 11 is 0. The largest absolute Gasteiger partial charge is 0.505 e. The van der Waals surface area contributed by atoms with Crippen LogP contribution in [0.5, 0.6) is 0 Å². The zero-order valence-corrected chi connectivity index (χ0v) is 12.6. The molecule has 0 unspecified atom stereocenters. The van der Waals surface area contributed by atoms with E-state index in [2.05, 4.69) is 37.5 Å². The molecule has 0 aliphatic heterocycles. The van der Waals surface area contributed by atoms with E-state index >= 15 is 0 Å². The van der Waals surface area contributed by atoms with Crippen LogP contribution in [0.4, 0.5) is 4.79 Å². The van der Waals surface area contributed by atoms with Crippen molar-refractivity contribution in [3.63, 3.8) is 0 Å². The summed E-state index contributed by atoms with van der Waals surface area (Å²) in [7, 11) is -2.38. The minimum absolute atomic E-state index is 0.439. The van der Waals surface area contributed by atoms with Crippen LogP contribution in [0.1, 0.15) is 6.42 Å². The summed E-state index contributed by atoms with van der Waals surface area (Å²) in [6, 6.07) is 2.50. The topological polar surface area (TPSA) is 46.5 Å². The van der Waals surface area contributed by atoms with E-state index in [9.17, 15) is 4.79 Å². The summed E-state index contributed by atoms with van der Waals surface area (Å²) in [6.07, 6.45) is 0.534. The number of hydrogen-bond acceptors (Lipinski definition) is 2. The molecule has 15 heavy (non-hydrogen) atoms. The molecule has 0 rings (SSSR count). The average Bonchev–Trinajstić information content (AvgIpc) is 1.98. The van der Waals surface area contributed by atoms with Gasteiger partial charge in [0.1, 0.15) is 0 Å². The Morgan fingerprint density at radius 2 is 1.67 bits per heavy atom. The SMILES string of the molecule is C[Si](C)(C)CCC[Si](C)(C)COC(=O)O. The highest BCUT2D eigenvalue weighted by atomic mass is 28.3. The number of hydrogen-bond donors (Lipinski definition) is 1. The highest BCUT2D eigenvalue weighted by Crippen LogP contribution is 2.19. The van der Waals surface area contributed by atoms with E-state index in [1.807, 2.05) is 0 Å². The van der Waals surface area contributed by atoms with Crippen LogP contribution in [0, 0.1) is 0 Å². The number of rotatable bonds is 6. The predicted molar refractivity (Wildman–Crippen MR) is 69.0 cm³/mol. The molecule has 0 aromatic carbocycles. The van der Waals surface area contributed by atoms with Crippen molar-refractivity contribution in [1.29, 1.82) is 0 Å². The Bertz CT molecular complexity index is 209. The van der Waals surface area contributed by atoms with Gasteiger partial charge in [-0.1, -0.05) is 51.2 Å². The predicted octanol–water partition coefficient (Wildman–Crippen LogP) is 3.66. The third-order valence-electron chi connectivity index (χ3n) is 2.37. The van der Waals surface area contributed by atoms with Crippen molar-refractivity contribution < 1.29 is 14.6 Å². The lowest BCUT2D eigenvalue weighted by Crippen LogP contribution is -2.34. The van der Waals surface area contributed by atoms with Gasteiger partial charge in [-0.3, -0.25) is 0 Å². The molecular weight excluding hydrogens is 224 g/mol. The highest BCUT2D eigenvalue weighted by Gasteiger charge is 2.24. The smallest absolute Gasteiger partial charge is 0.450 e. The van der Waals surface area contributed by atoms with Crippen molar-refractivity contribution in [2.24, 2.45) is 0 Å². The summed E-state index contributed by atoms with van der Waals surface area (Å²) < 4.78 is 4.68. The molecule has 0 amide bonds. The molecule has 0 bridgehead atoms. The zero-order valence-electron chi connectivity index (χ0n) is 10.6. The fraction of sp³-hybridized carbons (Fsp3) is 0.900. The van der Waals surface area contributed by atoms with Gasteiger partial charge >= 0.3 is 6.16 Å². The maximum atomic E-state index is 10.3. The van der Waals surface area contributed by atoms with Gasteiger partial charge in [0.25, 0.3) is 0 Å². The molecule has 0 radical (unpaired) electrons. The van der Waals surface area contributed by atoms with E-state index in [-0.39, 0.29) is 0 Å². The van der Waals surface area contributed by atoms with Gasteiger partial charge in [0.2, 0.25) is 0 Å². The molecule has 0 aromatic heterocycles. The molecule has 0 heterocycles. The fourth-order valence-electron chi connectivity index (χ4n) is 1.43. The van der Waals surface area contributed by atoms with E-state index in [1.165, 1.54) is 18.5 Å². The Morgan fingerprint density at radius 3 is 2.07 bits per heavy atom. The van der Waals surface area contributed by atoms with Crippen molar-refractivity contribution in [2.75, 3.05) is 6.23 Å². The van der Waals surface area contributed by atoms with Crippen LogP contribution in [0.3, 0.4) is 0 Å². The van der Waals surface area contributed by atoms with Crippen LogP contribution in [-0.2, 0) is 4.74 Å². The van der Waals surface area contributed by atoms with Crippen LogP contribution in [0.2, 0.25) is 44.8 Å². The van der Waals surface area contributed by atoms with Gasteiger partial charge in [0, 0.05) is 8.07 Å². The monoisotopic (exact) mass is 248 g/mol. The van der Waals surface area contributed by atoms with Crippen molar-refractivity contribution in [1.82, 2.24) is 0 Å². The van der Waals surface area contributed by atoms with Crippen LogP contribution in [0.15, 0.2) is 0 Å². The Labute approximate surface area is 94.9 Å². The number of carbonyl (C=O) groups is 1. The van der Waals surface area contributed by atoms with Crippen LogP contribution < -0.4 is 0 Å². The second kappa shape index (κ2) is 5.70. The first-order valence-electron chi connectivity index (χ1n) is 5.48. The third kappa shape index (κ3) is 10.00. The Hall–Kier alpha value is -0.296. The molecule has 0 atom stereocenters. The first kappa shape index (κ1) is 14.7. The van der Waals surface area contributed by atoms with Crippen LogP contribution >= 0.6 is 0 Å². The first-order chi connectivity index (χ1) is 6.62. The van der Waals surface area contributed by atoms with Gasteiger partial charge in [0.15, 0.2) is 0 Å². The van der Waals surface area contributed by atoms with Crippen LogP contribution in [0.25, 0.3) is 0 Å². The van der Waals surface area contributed by atoms with Gasteiger partial charge in [-0.15, -0.1) is 0 Å². The van der Waals surface area contributed by atoms with Crippen molar-refractivity contribution >= 4 is 22.3 Å². The summed E-state index contributed by atoms with van der Waals surface area (Å²) in [6.45, 7) is 11.5. The van der Waals surface area contributed by atoms with Gasteiger partial charge in [0.05, 0.1) is 14.3 Å². The van der Waals surface area contributed by atoms with Gasteiger partial charge in [-0.25, -0.2) is 4.79 Å². The van der Waals surface area contributed by atoms with Gasteiger partial charge in [-0.05, 0) is 0 Å². The molecule has 0 saturated heterocycles. The average molecular weight is 248 g/mol. The maximum Gasteiger partial charge on any atom is 0.505 e. The molecule has 0 aromatic rings. The molecule has 0 spiro atoms. The van der Waals surface area contributed by atoms with Crippen molar-refractivity contribution in [3.05, 3.63) is 0 Å². The normalized spacial score (nSPS) is 12.6. The summed E-state index contributed by atoms with van der Waals surface area (Å²) in [4.78, 5) is 10.3. The second-order valence-electron chi connectivity index (χ2n) is 6.13. The molecule has 3 nitrogen and oxygen atoms in total. The number of ether oxygens (including phenoxy) is 1. The lowest BCUT2D eigenvalue weighted by atomic mass is 10.6. The molecule has 0 saturated carbocycles. The second-order valence-corrected chi connectivity index (χ2v) is 16.9. The first-order valence-corrected chi connectivity index (χ1v) is 12.6. The minimum atomic E-state index is -1.45. The van der Waals surface area contributed by atoms with E-state index in [4.69, 9.17) is 5.11 Å². The lowest BCUT2D eigenvalue weighted by Gasteiger charge is -2.23. The third-order valence-corrected chi connectivity index (χ3v) is 6.85. The Morgan fingerprint density at radius 1 is 1.13 bits per heavy atom. The molecule has 1 N–H and O–H groups in total. The Balaban J connectivity index is 3.78. The Kier molecular flexibility index (Phi) is 5.58. The summed E-state index contributed by atoms with van der Waals surface area (Å²) in [5.41, 5.74) is 0. The van der Waals surface area contributed by atoms with E-state index < -0.39 is 22.3 Å². The molecular formula is C10H24O3Si2. The van der Waals surface area contributed by atoms with Gasteiger partial charge < -0.3 is 9.84 Å². The summed E-state index contributed by atoms with van der Waals surface area (Å²) in [5, 5.41) is 8.44. The van der Waals surface area contributed by atoms with Crippen molar-refractivity contribution in [2.45, 2.75) is 51.2 Å². The van der Waals surface area contributed by atoms with E-state index in [1.54, 1.807) is 0 Å². The molecule has 5 heteroatoms. The molecule has 0 aliphatic carbocycles.